The van der Waals surface area contributed by atoms with E-state index < -0.39 is 92.9 Å². The minimum Gasteiger partial charge on any atom is -0.687 e. The monoisotopic (exact) mass is 549 g/mol. The first-order valence-electron chi connectivity index (χ1n) is 8.34. The number of hydrogen-bond acceptors (Lipinski definition) is 16. The summed E-state index contributed by atoms with van der Waals surface area (Å²) in [5.41, 5.74) is -1.40. The third-order valence-electron chi connectivity index (χ3n) is 3.44. The fourth-order valence-electron chi connectivity index (χ4n) is 2.66. The Balaban J connectivity index is 3.29. The first kappa shape index (κ1) is 30.8. The van der Waals surface area contributed by atoms with Gasteiger partial charge in [-0.2, -0.15) is 0 Å². The minimum atomic E-state index is -5.38. The van der Waals surface area contributed by atoms with Crippen LogP contribution in [0.3, 0.4) is 0 Å². The number of hydrogen-bond donors (Lipinski definition) is 1. The molecule has 0 aliphatic rings. The Hall–Kier alpha value is -0.220. The van der Waals surface area contributed by atoms with E-state index in [1.807, 2.05) is 0 Å². The van der Waals surface area contributed by atoms with Crippen LogP contribution in [0.15, 0.2) is 12.1 Å². The van der Waals surface area contributed by atoms with Gasteiger partial charge in [0.1, 0.15) is 0 Å². The fourth-order valence-corrected chi connectivity index (χ4v) is 5.74. The van der Waals surface area contributed by atoms with Crippen LogP contribution in [0.25, 0.3) is 0 Å². The Kier molecular flexibility index (Phi) is 10.9. The van der Waals surface area contributed by atoms with Crippen molar-refractivity contribution in [1.29, 1.82) is 0 Å². The molecule has 0 aromatic carbocycles. The molecule has 0 bridgehead atoms. The maximum atomic E-state index is 11.4. The SMILES string of the molecule is O=C(O)c1cc(CN(C[P+]([O-])([O-])[O-])C[P+]([O-])([O-])[O-])nc(CN(C[P+]([O-])([O-])[O-])C[P+]([O-])([O-])[O-])c1. The van der Waals surface area contributed by atoms with Gasteiger partial charge in [-0.1, -0.05) is 0 Å². The van der Waals surface area contributed by atoms with E-state index in [1.54, 1.807) is 0 Å². The van der Waals surface area contributed by atoms with Gasteiger partial charge in [-0.15, -0.1) is 31.8 Å². The molecular formula is C12H15N3O14P4-8. The molecule has 1 aromatic heterocycles. The molecule has 190 valence electrons. The van der Waals surface area contributed by atoms with Gasteiger partial charge in [0.15, 0.2) is 0 Å². The molecule has 1 aromatic rings. The quantitative estimate of drug-likeness (QED) is 0.223. The molecule has 0 saturated carbocycles. The zero-order valence-corrected chi connectivity index (χ0v) is 19.9. The Morgan fingerprint density at radius 2 is 0.939 bits per heavy atom. The molecule has 1 heterocycles. The topological polar surface area (TPSA) is 333 Å². The molecule has 0 saturated heterocycles. The van der Waals surface area contributed by atoms with E-state index in [0.717, 1.165) is 12.1 Å². The predicted octanol–water partition coefficient (Wildman–Crippen LogP) is -10.4. The number of carboxylic acid groups (broad SMARTS) is 1. The summed E-state index contributed by atoms with van der Waals surface area (Å²) >= 11 is 0. The summed E-state index contributed by atoms with van der Waals surface area (Å²) in [7, 11) is -21.5. The molecule has 0 amide bonds. The average molecular weight is 549 g/mol. The highest BCUT2D eigenvalue weighted by Gasteiger charge is 2.20. The third kappa shape index (κ3) is 14.7. The van der Waals surface area contributed by atoms with Gasteiger partial charge in [0.2, 0.25) is 0 Å². The highest BCUT2D eigenvalue weighted by Crippen LogP contribution is 2.37. The van der Waals surface area contributed by atoms with Crippen molar-refractivity contribution in [2.24, 2.45) is 0 Å². The lowest BCUT2D eigenvalue weighted by Gasteiger charge is -2.49. The third-order valence-corrected chi connectivity index (χ3v) is 6.43. The van der Waals surface area contributed by atoms with Crippen LogP contribution in [0.4, 0.5) is 0 Å². The molecule has 0 atom stereocenters. The zero-order chi connectivity index (χ0) is 25.8. The van der Waals surface area contributed by atoms with Gasteiger partial charge in [0.25, 0.3) is 0 Å². The average Bonchev–Trinajstić information content (AvgIpc) is 2.47. The van der Waals surface area contributed by atoms with E-state index in [1.165, 1.54) is 0 Å². The second-order valence-corrected chi connectivity index (χ2v) is 12.8. The number of pyridine rings is 1. The van der Waals surface area contributed by atoms with E-state index in [4.69, 9.17) is 0 Å². The number of rotatable bonds is 13. The summed E-state index contributed by atoms with van der Waals surface area (Å²) in [6.45, 7) is -1.69. The Morgan fingerprint density at radius 3 is 1.15 bits per heavy atom. The summed E-state index contributed by atoms with van der Waals surface area (Å²) in [5, 5.41) is 9.21. The molecule has 0 radical (unpaired) electrons. The van der Waals surface area contributed by atoms with Gasteiger partial charge in [-0.25, -0.2) is 14.6 Å². The molecule has 33 heavy (non-hydrogen) atoms. The van der Waals surface area contributed by atoms with Crippen LogP contribution in [0.2, 0.25) is 0 Å². The Bertz CT molecular complexity index is 718. The molecule has 0 aliphatic heterocycles. The van der Waals surface area contributed by atoms with Crippen molar-refractivity contribution < 1.29 is 68.6 Å². The maximum Gasteiger partial charge on any atom is 0.335 e. The van der Waals surface area contributed by atoms with Crippen molar-refractivity contribution in [3.05, 3.63) is 29.1 Å². The summed E-state index contributed by atoms with van der Waals surface area (Å²) in [4.78, 5) is 148. The van der Waals surface area contributed by atoms with Crippen LogP contribution >= 0.6 is 31.8 Å². The molecule has 1 rings (SSSR count). The Morgan fingerprint density at radius 1 is 0.667 bits per heavy atom. The van der Waals surface area contributed by atoms with Gasteiger partial charge in [0, 0.05) is 13.1 Å². The molecule has 0 fully saturated rings. The van der Waals surface area contributed by atoms with Gasteiger partial charge < -0.3 is 63.8 Å². The van der Waals surface area contributed by atoms with Crippen molar-refractivity contribution >= 4 is 37.7 Å². The van der Waals surface area contributed by atoms with Gasteiger partial charge in [-0.3, -0.25) is 4.98 Å². The van der Waals surface area contributed by atoms with Gasteiger partial charge in [0.05, 0.1) is 42.1 Å². The second-order valence-electron chi connectivity index (χ2n) is 6.81. The van der Waals surface area contributed by atoms with Crippen molar-refractivity contribution in [2.45, 2.75) is 13.1 Å². The first-order valence-corrected chi connectivity index (χ1v) is 15.3. The molecular weight excluding hydrogens is 534 g/mol. The minimum absolute atomic E-state index is 0.351. The van der Waals surface area contributed by atoms with E-state index >= 15 is 0 Å². The van der Waals surface area contributed by atoms with E-state index in [-0.39, 0.29) is 0 Å². The van der Waals surface area contributed by atoms with Crippen LogP contribution < -0.4 is 58.7 Å². The van der Waals surface area contributed by atoms with E-state index in [0.29, 0.717) is 9.80 Å². The molecule has 17 nitrogen and oxygen atoms in total. The number of aromatic nitrogens is 1. The van der Waals surface area contributed by atoms with E-state index in [2.05, 4.69) is 4.98 Å². The highest BCUT2D eigenvalue weighted by molar-refractivity contribution is 7.55. The largest absolute Gasteiger partial charge is 0.687 e. The number of aromatic carboxylic acids is 1. The maximum absolute atomic E-state index is 11.4. The zero-order valence-electron chi connectivity index (χ0n) is 16.3. The molecule has 0 unspecified atom stereocenters. The lowest BCUT2D eigenvalue weighted by molar-refractivity contribution is -0.436. The number of carboxylic acids is 1. The van der Waals surface area contributed by atoms with Gasteiger partial charge in [-0.05, 0) is 12.1 Å². The van der Waals surface area contributed by atoms with Crippen molar-refractivity contribution in [3.63, 3.8) is 0 Å². The fraction of sp³-hybridized carbons (Fsp3) is 0.500. The standard InChI is InChI=1S/C12H23N3O14P4/c16-12(17)9-1-10(3-14(5-30(18,19)20)6-31(21,22)23)13-11(2-9)4-15(7-32(24,25)26)8-33(27,28)29/h1-2H,3-8H2,(H,16,17)(H2,18,19,20)(H2,21,22,23)(H2,24,25,26)(H2,27,28,29)/p-8. The van der Waals surface area contributed by atoms with Crippen LogP contribution in [0.1, 0.15) is 21.7 Å². The molecule has 1 N–H and O–H groups in total. The summed E-state index contributed by atoms with van der Waals surface area (Å²) in [6.07, 6.45) is -5.75. The number of carbonyl (C=O) groups is 1. The van der Waals surface area contributed by atoms with E-state index in [9.17, 15) is 68.6 Å². The normalized spacial score (nSPS) is 13.8. The van der Waals surface area contributed by atoms with Crippen LogP contribution in [-0.4, -0.2) is 51.0 Å². The summed E-state index contributed by atoms with van der Waals surface area (Å²) in [5.74, 6) is -1.61. The summed E-state index contributed by atoms with van der Waals surface area (Å²) in [6, 6.07) is 1.62. The molecule has 0 spiro atoms. The Labute approximate surface area is 189 Å². The van der Waals surface area contributed by atoms with Crippen LogP contribution in [-0.2, 0) is 13.1 Å². The lowest BCUT2D eigenvalue weighted by Crippen LogP contribution is -2.46. The highest BCUT2D eigenvalue weighted by atomic mass is 31.2. The van der Waals surface area contributed by atoms with Crippen molar-refractivity contribution in [2.75, 3.05) is 25.1 Å². The summed E-state index contributed by atoms with van der Waals surface area (Å²) < 4.78 is 0. The van der Waals surface area contributed by atoms with Crippen molar-refractivity contribution in [3.8, 4) is 0 Å². The predicted molar refractivity (Wildman–Crippen MR) is 89.4 cm³/mol. The lowest BCUT2D eigenvalue weighted by atomic mass is 10.2. The smallest absolute Gasteiger partial charge is 0.335 e. The second kappa shape index (κ2) is 11.7. The number of nitrogens with zero attached hydrogens (tertiary/aromatic N) is 3. The molecule has 0 aliphatic carbocycles. The van der Waals surface area contributed by atoms with Crippen molar-refractivity contribution in [1.82, 2.24) is 14.8 Å². The molecule has 21 heteroatoms. The van der Waals surface area contributed by atoms with Gasteiger partial charge >= 0.3 is 5.97 Å². The van der Waals surface area contributed by atoms with Crippen LogP contribution in [0, 0.1) is 0 Å². The first-order chi connectivity index (χ1) is 14.6. The van der Waals surface area contributed by atoms with Crippen LogP contribution in [0.5, 0.6) is 0 Å².